The Bertz CT molecular complexity index is 435. The molecule has 1 fully saturated rings. The van der Waals surface area contributed by atoms with Crippen molar-refractivity contribution in [3.63, 3.8) is 0 Å². The van der Waals surface area contributed by atoms with Gasteiger partial charge in [0.1, 0.15) is 11.6 Å². The Morgan fingerprint density at radius 2 is 2.10 bits per heavy atom. The predicted octanol–water partition coefficient (Wildman–Crippen LogP) is 1.97. The number of amides is 1. The second-order valence-corrected chi connectivity index (χ2v) is 4.97. The molecular weight excluding hydrogens is 261 g/mol. The molecule has 1 amide bonds. The van der Waals surface area contributed by atoms with Crippen LogP contribution in [-0.2, 0) is 4.79 Å². The lowest BCUT2D eigenvalue weighted by Crippen LogP contribution is -2.46. The molecule has 1 heterocycles. The molecule has 0 saturated carbocycles. The number of nitrogens with zero attached hydrogens (tertiary/aromatic N) is 1. The molecule has 1 aromatic carbocycles. The van der Waals surface area contributed by atoms with Gasteiger partial charge < -0.3 is 14.7 Å². The first-order chi connectivity index (χ1) is 9.70. The summed E-state index contributed by atoms with van der Waals surface area (Å²) in [6.45, 7) is 0.990. The van der Waals surface area contributed by atoms with Gasteiger partial charge in [-0.3, -0.25) is 4.79 Å². The van der Waals surface area contributed by atoms with Crippen LogP contribution in [0.3, 0.4) is 0 Å². The van der Waals surface area contributed by atoms with Gasteiger partial charge in [-0.15, -0.1) is 0 Å². The van der Waals surface area contributed by atoms with Crippen LogP contribution in [0.1, 0.15) is 25.7 Å². The van der Waals surface area contributed by atoms with Crippen LogP contribution in [0.4, 0.5) is 4.39 Å². The molecule has 2 rings (SSSR count). The van der Waals surface area contributed by atoms with Crippen molar-refractivity contribution in [1.29, 1.82) is 0 Å². The number of benzene rings is 1. The van der Waals surface area contributed by atoms with Gasteiger partial charge in [0.15, 0.2) is 0 Å². The first-order valence-electron chi connectivity index (χ1n) is 6.99. The monoisotopic (exact) mass is 281 g/mol. The van der Waals surface area contributed by atoms with Crippen LogP contribution in [-0.4, -0.2) is 41.7 Å². The van der Waals surface area contributed by atoms with Crippen molar-refractivity contribution < 1.29 is 19.0 Å². The van der Waals surface area contributed by atoms with Crippen molar-refractivity contribution in [2.45, 2.75) is 31.7 Å². The smallest absolute Gasteiger partial charge is 0.226 e. The SMILES string of the molecule is O=C(CCOc1ccc(F)cc1)N1CCCCC1CO. The zero-order chi connectivity index (χ0) is 14.4. The topological polar surface area (TPSA) is 49.8 Å². The Kier molecular flexibility index (Phi) is 5.35. The van der Waals surface area contributed by atoms with Crippen molar-refractivity contribution in [1.82, 2.24) is 4.90 Å². The van der Waals surface area contributed by atoms with Crippen molar-refractivity contribution in [2.24, 2.45) is 0 Å². The lowest BCUT2D eigenvalue weighted by Gasteiger charge is -2.34. The summed E-state index contributed by atoms with van der Waals surface area (Å²) >= 11 is 0. The molecule has 0 spiro atoms. The number of halogens is 1. The van der Waals surface area contributed by atoms with E-state index in [-0.39, 0.29) is 37.4 Å². The average Bonchev–Trinajstić information content (AvgIpc) is 2.49. The van der Waals surface area contributed by atoms with E-state index in [4.69, 9.17) is 4.74 Å². The molecule has 1 atom stereocenters. The predicted molar refractivity (Wildman–Crippen MR) is 72.9 cm³/mol. The molecule has 0 bridgehead atoms. The molecule has 1 aromatic rings. The van der Waals surface area contributed by atoms with Gasteiger partial charge in [-0.05, 0) is 43.5 Å². The van der Waals surface area contributed by atoms with Crippen LogP contribution < -0.4 is 4.74 Å². The van der Waals surface area contributed by atoms with E-state index in [2.05, 4.69) is 0 Å². The standard InChI is InChI=1S/C15H20FNO3/c16-12-4-6-14(7-5-12)20-10-8-15(19)17-9-2-1-3-13(17)11-18/h4-7,13,18H,1-3,8-11H2. The number of carbonyl (C=O) groups is 1. The summed E-state index contributed by atoms with van der Waals surface area (Å²) in [7, 11) is 0. The van der Waals surface area contributed by atoms with E-state index in [1.54, 1.807) is 4.90 Å². The minimum absolute atomic E-state index is 0.00543. The van der Waals surface area contributed by atoms with Gasteiger partial charge in [-0.2, -0.15) is 0 Å². The molecule has 0 aliphatic carbocycles. The van der Waals surface area contributed by atoms with Crippen molar-refractivity contribution >= 4 is 5.91 Å². The number of rotatable bonds is 5. The number of aliphatic hydroxyl groups is 1. The van der Waals surface area contributed by atoms with E-state index < -0.39 is 0 Å². The van der Waals surface area contributed by atoms with Crippen LogP contribution in [0.15, 0.2) is 24.3 Å². The van der Waals surface area contributed by atoms with Gasteiger partial charge in [-0.1, -0.05) is 0 Å². The van der Waals surface area contributed by atoms with E-state index in [1.807, 2.05) is 0 Å². The number of piperidine rings is 1. The Morgan fingerprint density at radius 3 is 2.80 bits per heavy atom. The minimum atomic E-state index is -0.312. The van der Waals surface area contributed by atoms with E-state index in [0.717, 1.165) is 19.3 Å². The summed E-state index contributed by atoms with van der Waals surface area (Å²) in [6.07, 6.45) is 3.18. The van der Waals surface area contributed by atoms with Crippen LogP contribution in [0.5, 0.6) is 5.75 Å². The number of hydrogen-bond donors (Lipinski definition) is 1. The Morgan fingerprint density at radius 1 is 1.35 bits per heavy atom. The molecule has 1 saturated heterocycles. The third-order valence-electron chi connectivity index (χ3n) is 3.56. The molecule has 1 aliphatic heterocycles. The molecule has 110 valence electrons. The van der Waals surface area contributed by atoms with Crippen molar-refractivity contribution in [2.75, 3.05) is 19.8 Å². The van der Waals surface area contributed by atoms with Crippen LogP contribution >= 0.6 is 0 Å². The largest absolute Gasteiger partial charge is 0.493 e. The average molecular weight is 281 g/mol. The number of ether oxygens (including phenoxy) is 1. The van der Waals surface area contributed by atoms with Crippen LogP contribution in [0.25, 0.3) is 0 Å². The van der Waals surface area contributed by atoms with Gasteiger partial charge in [-0.25, -0.2) is 4.39 Å². The molecule has 0 radical (unpaired) electrons. The summed E-state index contributed by atoms with van der Waals surface area (Å²) in [5.41, 5.74) is 0. The third kappa shape index (κ3) is 3.93. The highest BCUT2D eigenvalue weighted by atomic mass is 19.1. The molecule has 0 aromatic heterocycles. The van der Waals surface area contributed by atoms with Crippen molar-refractivity contribution in [3.8, 4) is 5.75 Å². The molecule has 20 heavy (non-hydrogen) atoms. The third-order valence-corrected chi connectivity index (χ3v) is 3.56. The van der Waals surface area contributed by atoms with Crippen LogP contribution in [0, 0.1) is 5.82 Å². The van der Waals surface area contributed by atoms with Gasteiger partial charge in [0, 0.05) is 6.54 Å². The maximum absolute atomic E-state index is 12.7. The molecule has 5 heteroatoms. The molecule has 1 N–H and O–H groups in total. The van der Waals surface area contributed by atoms with E-state index >= 15 is 0 Å². The highest BCUT2D eigenvalue weighted by molar-refractivity contribution is 5.76. The van der Waals surface area contributed by atoms with Gasteiger partial charge in [0.2, 0.25) is 5.91 Å². The Balaban J connectivity index is 1.78. The quantitative estimate of drug-likeness (QED) is 0.897. The van der Waals surface area contributed by atoms with Crippen LogP contribution in [0.2, 0.25) is 0 Å². The fourth-order valence-electron chi connectivity index (χ4n) is 2.45. The number of hydrogen-bond acceptors (Lipinski definition) is 3. The molecule has 1 aliphatic rings. The first-order valence-corrected chi connectivity index (χ1v) is 6.99. The molecule has 1 unspecified atom stereocenters. The highest BCUT2D eigenvalue weighted by Crippen LogP contribution is 2.18. The first kappa shape index (κ1) is 14.8. The zero-order valence-electron chi connectivity index (χ0n) is 11.4. The summed E-state index contributed by atoms with van der Waals surface area (Å²) in [6, 6.07) is 5.67. The van der Waals surface area contributed by atoms with E-state index in [0.29, 0.717) is 12.3 Å². The minimum Gasteiger partial charge on any atom is -0.493 e. The van der Waals surface area contributed by atoms with E-state index in [1.165, 1.54) is 24.3 Å². The van der Waals surface area contributed by atoms with Gasteiger partial charge in [0.25, 0.3) is 0 Å². The maximum Gasteiger partial charge on any atom is 0.226 e. The lowest BCUT2D eigenvalue weighted by atomic mass is 10.0. The van der Waals surface area contributed by atoms with Gasteiger partial charge in [0.05, 0.1) is 25.7 Å². The fraction of sp³-hybridized carbons (Fsp3) is 0.533. The number of aliphatic hydroxyl groups excluding tert-OH is 1. The normalized spacial score (nSPS) is 18.9. The zero-order valence-corrected chi connectivity index (χ0v) is 11.4. The second-order valence-electron chi connectivity index (χ2n) is 4.97. The lowest BCUT2D eigenvalue weighted by molar-refractivity contribution is -0.136. The van der Waals surface area contributed by atoms with Gasteiger partial charge >= 0.3 is 0 Å². The van der Waals surface area contributed by atoms with E-state index in [9.17, 15) is 14.3 Å². The number of carbonyl (C=O) groups excluding carboxylic acids is 1. The Hall–Kier alpha value is -1.62. The molecular formula is C15H20FNO3. The Labute approximate surface area is 118 Å². The summed E-state index contributed by atoms with van der Waals surface area (Å²) in [5.74, 6) is 0.245. The fourth-order valence-corrected chi connectivity index (χ4v) is 2.45. The highest BCUT2D eigenvalue weighted by Gasteiger charge is 2.25. The summed E-state index contributed by atoms with van der Waals surface area (Å²) in [5, 5.41) is 9.28. The summed E-state index contributed by atoms with van der Waals surface area (Å²) in [4.78, 5) is 13.8. The second kappa shape index (κ2) is 7.24. The number of likely N-dealkylation sites (tertiary alicyclic amines) is 1. The molecule has 4 nitrogen and oxygen atoms in total. The maximum atomic E-state index is 12.7. The van der Waals surface area contributed by atoms with Crippen molar-refractivity contribution in [3.05, 3.63) is 30.1 Å². The summed E-state index contributed by atoms with van der Waals surface area (Å²) < 4.78 is 18.1.